The topological polar surface area (TPSA) is 20.3 Å². The molecule has 1 aliphatic heterocycles. The summed E-state index contributed by atoms with van der Waals surface area (Å²) in [5, 5.41) is 0. The van der Waals surface area contributed by atoms with Crippen molar-refractivity contribution in [3.63, 3.8) is 0 Å². The van der Waals surface area contributed by atoms with Crippen LogP contribution >= 0.6 is 0 Å². The van der Waals surface area contributed by atoms with Gasteiger partial charge in [-0.2, -0.15) is 13.2 Å². The standard InChI is InChI=1S/C15H24F3NO/c1-12-4-2-6-14(8-12,11-20)10-19-7-3-5-13(9-19)15(16,17)18/h11-13H,2-10H2,1H3. The van der Waals surface area contributed by atoms with E-state index in [0.29, 0.717) is 25.4 Å². The van der Waals surface area contributed by atoms with E-state index in [4.69, 9.17) is 0 Å². The Balaban J connectivity index is 1.99. The molecule has 0 aromatic rings. The molecule has 1 heterocycles. The molecule has 20 heavy (non-hydrogen) atoms. The maximum absolute atomic E-state index is 12.8. The lowest BCUT2D eigenvalue weighted by Crippen LogP contribution is -2.48. The molecule has 0 spiro atoms. The molecular weight excluding hydrogens is 267 g/mol. The second-order valence-electron chi connectivity index (χ2n) is 6.80. The van der Waals surface area contributed by atoms with Crippen LogP contribution in [0.1, 0.15) is 45.4 Å². The van der Waals surface area contributed by atoms with Gasteiger partial charge >= 0.3 is 6.18 Å². The number of halogens is 3. The van der Waals surface area contributed by atoms with Crippen molar-refractivity contribution in [2.45, 2.75) is 51.6 Å². The lowest BCUT2D eigenvalue weighted by atomic mass is 9.70. The molecule has 0 N–H and O–H groups in total. The lowest BCUT2D eigenvalue weighted by molar-refractivity contribution is -0.188. The summed E-state index contributed by atoms with van der Waals surface area (Å²) in [6, 6.07) is 0. The van der Waals surface area contributed by atoms with Crippen LogP contribution in [0.5, 0.6) is 0 Å². The zero-order valence-corrected chi connectivity index (χ0v) is 12.1. The Morgan fingerprint density at radius 3 is 2.65 bits per heavy atom. The Morgan fingerprint density at radius 1 is 1.30 bits per heavy atom. The van der Waals surface area contributed by atoms with Gasteiger partial charge in [-0.1, -0.05) is 19.8 Å². The minimum Gasteiger partial charge on any atom is -0.303 e. The fourth-order valence-electron chi connectivity index (χ4n) is 3.90. The monoisotopic (exact) mass is 291 g/mol. The molecule has 0 aromatic carbocycles. The maximum atomic E-state index is 12.8. The van der Waals surface area contributed by atoms with E-state index in [9.17, 15) is 18.0 Å². The van der Waals surface area contributed by atoms with Crippen LogP contribution in [0, 0.1) is 17.3 Å². The first-order valence-electron chi connectivity index (χ1n) is 7.60. The summed E-state index contributed by atoms with van der Waals surface area (Å²) in [6.07, 6.45) is 1.50. The molecule has 0 amide bonds. The number of likely N-dealkylation sites (tertiary alicyclic amines) is 1. The van der Waals surface area contributed by atoms with E-state index in [2.05, 4.69) is 6.92 Å². The molecule has 116 valence electrons. The normalized spacial score (nSPS) is 36.8. The van der Waals surface area contributed by atoms with Crippen molar-refractivity contribution in [2.24, 2.45) is 17.3 Å². The van der Waals surface area contributed by atoms with Gasteiger partial charge in [-0.3, -0.25) is 0 Å². The van der Waals surface area contributed by atoms with E-state index < -0.39 is 17.5 Å². The van der Waals surface area contributed by atoms with E-state index in [1.54, 1.807) is 0 Å². The van der Waals surface area contributed by atoms with Gasteiger partial charge in [0.2, 0.25) is 0 Å². The number of nitrogens with zero attached hydrogens (tertiary/aromatic N) is 1. The average molecular weight is 291 g/mol. The smallest absolute Gasteiger partial charge is 0.303 e. The molecule has 3 atom stereocenters. The third-order valence-electron chi connectivity index (χ3n) is 4.88. The summed E-state index contributed by atoms with van der Waals surface area (Å²) < 4.78 is 38.5. The lowest BCUT2D eigenvalue weighted by Gasteiger charge is -2.42. The van der Waals surface area contributed by atoms with Gasteiger partial charge < -0.3 is 9.69 Å². The molecule has 2 nitrogen and oxygen atoms in total. The number of hydrogen-bond acceptors (Lipinski definition) is 2. The van der Waals surface area contributed by atoms with Crippen molar-refractivity contribution >= 4 is 6.29 Å². The molecule has 5 heteroatoms. The van der Waals surface area contributed by atoms with Crippen molar-refractivity contribution in [1.82, 2.24) is 4.90 Å². The molecule has 3 unspecified atom stereocenters. The van der Waals surface area contributed by atoms with Gasteiger partial charge in [0.05, 0.1) is 5.92 Å². The first-order valence-corrected chi connectivity index (χ1v) is 7.60. The third kappa shape index (κ3) is 3.74. The minimum atomic E-state index is -4.10. The van der Waals surface area contributed by atoms with Crippen LogP contribution in [-0.2, 0) is 4.79 Å². The first kappa shape index (κ1) is 15.8. The Labute approximate surface area is 118 Å². The Bertz CT molecular complexity index is 345. The van der Waals surface area contributed by atoms with E-state index in [0.717, 1.165) is 32.0 Å². The second-order valence-corrected chi connectivity index (χ2v) is 6.80. The van der Waals surface area contributed by atoms with Gasteiger partial charge in [-0.15, -0.1) is 0 Å². The zero-order valence-electron chi connectivity index (χ0n) is 12.1. The number of alkyl halides is 3. The molecule has 0 bridgehead atoms. The minimum absolute atomic E-state index is 0.0630. The second kappa shape index (κ2) is 6.04. The fourth-order valence-corrected chi connectivity index (χ4v) is 3.90. The Morgan fingerprint density at radius 2 is 2.05 bits per heavy atom. The van der Waals surface area contributed by atoms with Crippen LogP contribution in [0.4, 0.5) is 13.2 Å². The molecule has 1 aliphatic carbocycles. The predicted molar refractivity (Wildman–Crippen MR) is 71.3 cm³/mol. The number of carbonyl (C=O) groups is 1. The average Bonchev–Trinajstić information content (AvgIpc) is 2.38. The van der Waals surface area contributed by atoms with Gasteiger partial charge in [0, 0.05) is 18.5 Å². The largest absolute Gasteiger partial charge is 0.393 e. The van der Waals surface area contributed by atoms with E-state index in [1.165, 1.54) is 0 Å². The number of aldehydes is 1. The van der Waals surface area contributed by atoms with Crippen LogP contribution in [0.2, 0.25) is 0 Å². The molecule has 1 saturated carbocycles. The summed E-state index contributed by atoms with van der Waals surface area (Å²) in [6.45, 7) is 3.39. The number of piperidine rings is 1. The summed E-state index contributed by atoms with van der Waals surface area (Å²) in [5.74, 6) is -0.724. The molecule has 1 saturated heterocycles. The molecule has 0 radical (unpaired) electrons. The van der Waals surface area contributed by atoms with Crippen LogP contribution in [0.15, 0.2) is 0 Å². The zero-order chi connectivity index (χ0) is 14.8. The van der Waals surface area contributed by atoms with Crippen LogP contribution in [-0.4, -0.2) is 37.0 Å². The molecule has 2 aliphatic rings. The van der Waals surface area contributed by atoms with Gasteiger partial charge in [0.15, 0.2) is 0 Å². The molecule has 0 aromatic heterocycles. The number of hydrogen-bond donors (Lipinski definition) is 0. The van der Waals surface area contributed by atoms with E-state index in [1.807, 2.05) is 4.90 Å². The number of carbonyl (C=O) groups excluding carboxylic acids is 1. The highest BCUT2D eigenvalue weighted by atomic mass is 19.4. The van der Waals surface area contributed by atoms with Crippen molar-refractivity contribution in [2.75, 3.05) is 19.6 Å². The predicted octanol–water partition coefficient (Wildman–Crippen LogP) is 3.66. The van der Waals surface area contributed by atoms with Gasteiger partial charge in [0.25, 0.3) is 0 Å². The summed E-state index contributed by atoms with van der Waals surface area (Å²) in [4.78, 5) is 13.4. The summed E-state index contributed by atoms with van der Waals surface area (Å²) in [7, 11) is 0. The molecule has 2 rings (SSSR count). The SMILES string of the molecule is CC1CCCC(C=O)(CN2CCCC(C(F)(F)F)C2)C1. The van der Waals surface area contributed by atoms with Gasteiger partial charge in [-0.25, -0.2) is 0 Å². The van der Waals surface area contributed by atoms with E-state index in [-0.39, 0.29) is 13.0 Å². The highest BCUT2D eigenvalue weighted by Crippen LogP contribution is 2.40. The van der Waals surface area contributed by atoms with Crippen LogP contribution < -0.4 is 0 Å². The Kier molecular flexibility index (Phi) is 4.77. The van der Waals surface area contributed by atoms with Crippen molar-refractivity contribution in [3.05, 3.63) is 0 Å². The quantitative estimate of drug-likeness (QED) is 0.740. The summed E-state index contributed by atoms with van der Waals surface area (Å²) >= 11 is 0. The Hall–Kier alpha value is -0.580. The highest BCUT2D eigenvalue weighted by molar-refractivity contribution is 5.60. The molecular formula is C15H24F3NO. The van der Waals surface area contributed by atoms with E-state index >= 15 is 0 Å². The van der Waals surface area contributed by atoms with Crippen molar-refractivity contribution < 1.29 is 18.0 Å². The maximum Gasteiger partial charge on any atom is 0.393 e. The van der Waals surface area contributed by atoms with Gasteiger partial charge in [-0.05, 0) is 38.1 Å². The van der Waals surface area contributed by atoms with Crippen molar-refractivity contribution in [3.8, 4) is 0 Å². The van der Waals surface area contributed by atoms with Crippen LogP contribution in [0.25, 0.3) is 0 Å². The first-order chi connectivity index (χ1) is 9.35. The highest BCUT2D eigenvalue weighted by Gasteiger charge is 2.44. The van der Waals surface area contributed by atoms with Gasteiger partial charge in [0.1, 0.15) is 6.29 Å². The molecule has 2 fully saturated rings. The third-order valence-corrected chi connectivity index (χ3v) is 4.88. The van der Waals surface area contributed by atoms with Crippen LogP contribution in [0.3, 0.4) is 0 Å². The fraction of sp³-hybridized carbons (Fsp3) is 0.933. The summed E-state index contributed by atoms with van der Waals surface area (Å²) in [5.41, 5.74) is -0.412. The number of rotatable bonds is 3. The van der Waals surface area contributed by atoms with Crippen molar-refractivity contribution in [1.29, 1.82) is 0 Å².